The predicted molar refractivity (Wildman–Crippen MR) is 67.1 cm³/mol. The number of aryl methyl sites for hydroxylation is 1. The molecule has 2 rings (SSSR count). The van der Waals surface area contributed by atoms with Gasteiger partial charge in [0.1, 0.15) is 0 Å². The maximum Gasteiger partial charge on any atom is 0.0702 e. The number of hydrogen-bond acceptors (Lipinski definition) is 3. The Balaban J connectivity index is 2.33. The minimum atomic E-state index is 0.0255. The third-order valence-corrected chi connectivity index (χ3v) is 4.70. The molecular weight excluding hydrogens is 278 g/mol. The molecule has 1 atom stereocenters. The van der Waals surface area contributed by atoms with Crippen molar-refractivity contribution in [1.29, 1.82) is 0 Å². The highest BCUT2D eigenvalue weighted by Crippen LogP contribution is 2.32. The zero-order valence-corrected chi connectivity index (χ0v) is 10.9. The second kappa shape index (κ2) is 4.14. The van der Waals surface area contributed by atoms with Gasteiger partial charge in [0, 0.05) is 9.75 Å². The molecule has 0 aromatic carbocycles. The molecule has 0 spiro atoms. The number of thiophene rings is 2. The van der Waals surface area contributed by atoms with Gasteiger partial charge in [0.25, 0.3) is 0 Å². The van der Waals surface area contributed by atoms with Crippen molar-refractivity contribution in [3.8, 4) is 0 Å². The lowest BCUT2D eigenvalue weighted by Crippen LogP contribution is -2.09. The van der Waals surface area contributed by atoms with Crippen LogP contribution in [0.4, 0.5) is 0 Å². The van der Waals surface area contributed by atoms with E-state index in [1.54, 1.807) is 22.7 Å². The van der Waals surface area contributed by atoms with E-state index in [1.807, 2.05) is 6.07 Å². The van der Waals surface area contributed by atoms with Crippen LogP contribution in [-0.4, -0.2) is 0 Å². The van der Waals surface area contributed by atoms with Crippen LogP contribution in [0, 0.1) is 6.92 Å². The van der Waals surface area contributed by atoms with Crippen LogP contribution in [0.3, 0.4) is 0 Å². The van der Waals surface area contributed by atoms with Gasteiger partial charge in [-0.25, -0.2) is 0 Å². The lowest BCUT2D eigenvalue weighted by atomic mass is 10.1. The van der Waals surface area contributed by atoms with E-state index in [2.05, 4.69) is 40.4 Å². The van der Waals surface area contributed by atoms with Gasteiger partial charge in [0.05, 0.1) is 9.83 Å². The van der Waals surface area contributed by atoms with Crippen LogP contribution in [0.1, 0.15) is 21.4 Å². The van der Waals surface area contributed by atoms with E-state index in [-0.39, 0.29) is 6.04 Å². The first-order valence-corrected chi connectivity index (χ1v) is 6.72. The maximum absolute atomic E-state index is 6.17. The fourth-order valence-electron chi connectivity index (χ4n) is 1.37. The summed E-state index contributed by atoms with van der Waals surface area (Å²) < 4.78 is 1.14. The summed E-state index contributed by atoms with van der Waals surface area (Å²) in [6, 6.07) is 6.26. The van der Waals surface area contributed by atoms with Gasteiger partial charge in [-0.1, -0.05) is 0 Å². The number of rotatable bonds is 2. The Morgan fingerprint density at radius 2 is 2.14 bits per heavy atom. The topological polar surface area (TPSA) is 26.0 Å². The fourth-order valence-corrected chi connectivity index (χ4v) is 3.56. The molecule has 74 valence electrons. The highest BCUT2D eigenvalue weighted by atomic mass is 79.9. The first kappa shape index (κ1) is 10.4. The molecular formula is C10H10BrNS2. The Morgan fingerprint density at radius 1 is 1.36 bits per heavy atom. The molecule has 1 nitrogen and oxygen atoms in total. The number of hydrogen-bond donors (Lipinski definition) is 1. The van der Waals surface area contributed by atoms with Crippen LogP contribution in [0.5, 0.6) is 0 Å². The largest absolute Gasteiger partial charge is 0.320 e. The summed E-state index contributed by atoms with van der Waals surface area (Å²) in [5, 5.41) is 2.09. The first-order chi connectivity index (χ1) is 6.68. The molecule has 2 heterocycles. The molecule has 2 aromatic heterocycles. The van der Waals surface area contributed by atoms with Gasteiger partial charge in [-0.15, -0.1) is 22.7 Å². The molecule has 0 bridgehead atoms. The third-order valence-electron chi connectivity index (χ3n) is 2.13. The summed E-state index contributed by atoms with van der Waals surface area (Å²) >= 11 is 6.89. The molecule has 4 heteroatoms. The van der Waals surface area contributed by atoms with Crippen LogP contribution < -0.4 is 5.73 Å². The minimum absolute atomic E-state index is 0.0255. The van der Waals surface area contributed by atoms with Crippen LogP contribution in [-0.2, 0) is 0 Å². The normalized spacial score (nSPS) is 13.1. The average Bonchev–Trinajstić information content (AvgIpc) is 2.73. The minimum Gasteiger partial charge on any atom is -0.320 e. The Hall–Kier alpha value is -0.160. The van der Waals surface area contributed by atoms with Gasteiger partial charge in [-0.3, -0.25) is 0 Å². The van der Waals surface area contributed by atoms with Gasteiger partial charge >= 0.3 is 0 Å². The monoisotopic (exact) mass is 287 g/mol. The Kier molecular flexibility index (Phi) is 3.07. The molecule has 14 heavy (non-hydrogen) atoms. The second-order valence-electron chi connectivity index (χ2n) is 3.05. The van der Waals surface area contributed by atoms with Gasteiger partial charge in [-0.2, -0.15) is 0 Å². The average molecular weight is 288 g/mol. The van der Waals surface area contributed by atoms with Crippen molar-refractivity contribution in [2.45, 2.75) is 13.0 Å². The van der Waals surface area contributed by atoms with E-state index < -0.39 is 0 Å². The lowest BCUT2D eigenvalue weighted by Gasteiger charge is -2.08. The molecule has 0 amide bonds. The summed E-state index contributed by atoms with van der Waals surface area (Å²) in [4.78, 5) is 2.51. The molecule has 0 aliphatic rings. The quantitative estimate of drug-likeness (QED) is 0.890. The van der Waals surface area contributed by atoms with Crippen molar-refractivity contribution in [3.63, 3.8) is 0 Å². The molecule has 2 aromatic rings. The predicted octanol–water partition coefficient (Wildman–Crippen LogP) is 3.93. The van der Waals surface area contributed by atoms with E-state index in [0.29, 0.717) is 0 Å². The van der Waals surface area contributed by atoms with Gasteiger partial charge in [0.15, 0.2) is 0 Å². The standard InChI is InChI=1S/C10H10BrNS2/c1-6-7(4-5-13-6)10(12)8-2-3-9(11)14-8/h2-5,10H,12H2,1H3. The van der Waals surface area contributed by atoms with Crippen molar-refractivity contribution in [2.24, 2.45) is 5.73 Å². The fraction of sp³-hybridized carbons (Fsp3) is 0.200. The van der Waals surface area contributed by atoms with E-state index >= 15 is 0 Å². The molecule has 0 aliphatic heterocycles. The Morgan fingerprint density at radius 3 is 2.64 bits per heavy atom. The van der Waals surface area contributed by atoms with Crippen molar-refractivity contribution < 1.29 is 0 Å². The van der Waals surface area contributed by atoms with Crippen LogP contribution in [0.25, 0.3) is 0 Å². The van der Waals surface area contributed by atoms with Gasteiger partial charge in [0.2, 0.25) is 0 Å². The van der Waals surface area contributed by atoms with Crippen LogP contribution in [0.2, 0.25) is 0 Å². The molecule has 2 N–H and O–H groups in total. The van der Waals surface area contributed by atoms with Crippen LogP contribution >= 0.6 is 38.6 Å². The van der Waals surface area contributed by atoms with Crippen molar-refractivity contribution >= 4 is 38.6 Å². The first-order valence-electron chi connectivity index (χ1n) is 4.23. The molecule has 0 aliphatic carbocycles. The van der Waals surface area contributed by atoms with E-state index in [0.717, 1.165) is 3.79 Å². The highest BCUT2D eigenvalue weighted by molar-refractivity contribution is 9.11. The summed E-state index contributed by atoms with van der Waals surface area (Å²) in [6.07, 6.45) is 0. The molecule has 0 saturated carbocycles. The van der Waals surface area contributed by atoms with E-state index in [1.165, 1.54) is 15.3 Å². The zero-order valence-electron chi connectivity index (χ0n) is 7.66. The van der Waals surface area contributed by atoms with Crippen LogP contribution in [0.15, 0.2) is 27.4 Å². The zero-order chi connectivity index (χ0) is 10.1. The molecule has 1 unspecified atom stereocenters. The SMILES string of the molecule is Cc1sccc1C(N)c1ccc(Br)s1. The highest BCUT2D eigenvalue weighted by Gasteiger charge is 2.13. The van der Waals surface area contributed by atoms with E-state index in [9.17, 15) is 0 Å². The van der Waals surface area contributed by atoms with Gasteiger partial charge < -0.3 is 5.73 Å². The second-order valence-corrected chi connectivity index (χ2v) is 6.67. The summed E-state index contributed by atoms with van der Waals surface area (Å²) in [6.45, 7) is 2.11. The summed E-state index contributed by atoms with van der Waals surface area (Å²) in [7, 11) is 0. The van der Waals surface area contributed by atoms with E-state index in [4.69, 9.17) is 5.73 Å². The maximum atomic E-state index is 6.17. The number of halogens is 1. The Labute approximate surface area is 99.7 Å². The molecule has 0 radical (unpaired) electrons. The lowest BCUT2D eigenvalue weighted by molar-refractivity contribution is 0.891. The number of nitrogens with two attached hydrogens (primary N) is 1. The summed E-state index contributed by atoms with van der Waals surface area (Å²) in [5.41, 5.74) is 7.41. The third kappa shape index (κ3) is 1.93. The molecule has 0 saturated heterocycles. The van der Waals surface area contributed by atoms with Crippen molar-refractivity contribution in [2.75, 3.05) is 0 Å². The Bertz CT molecular complexity index is 433. The van der Waals surface area contributed by atoms with Gasteiger partial charge in [-0.05, 0) is 52.0 Å². The van der Waals surface area contributed by atoms with Crippen molar-refractivity contribution in [3.05, 3.63) is 42.7 Å². The van der Waals surface area contributed by atoms with Crippen molar-refractivity contribution in [1.82, 2.24) is 0 Å². The molecule has 0 fully saturated rings. The summed E-state index contributed by atoms with van der Waals surface area (Å²) in [5.74, 6) is 0. The smallest absolute Gasteiger partial charge is 0.0702 e.